The molecule has 0 bridgehead atoms. The molecule has 1 aromatic carbocycles. The molecule has 1 heterocycles. The summed E-state index contributed by atoms with van der Waals surface area (Å²) in [6.07, 6.45) is 5.19. The van der Waals surface area contributed by atoms with E-state index < -0.39 is 5.41 Å². The van der Waals surface area contributed by atoms with E-state index in [0.717, 1.165) is 42.6 Å². The van der Waals surface area contributed by atoms with Crippen molar-refractivity contribution >= 4 is 23.2 Å². The molecule has 118 valence electrons. The molecule has 2 N–H and O–H groups in total. The first kappa shape index (κ1) is 15.1. The monoisotopic (exact) mass is 300 g/mol. The van der Waals surface area contributed by atoms with Crippen molar-refractivity contribution in [2.75, 3.05) is 10.6 Å². The van der Waals surface area contributed by atoms with Gasteiger partial charge in [-0.1, -0.05) is 40.0 Å². The van der Waals surface area contributed by atoms with Gasteiger partial charge in [0.1, 0.15) is 0 Å². The minimum Gasteiger partial charge on any atom is -0.326 e. The van der Waals surface area contributed by atoms with Gasteiger partial charge >= 0.3 is 0 Å². The smallest absolute Gasteiger partial charge is 0.235 e. The van der Waals surface area contributed by atoms with Crippen LogP contribution in [-0.2, 0) is 15.0 Å². The highest BCUT2D eigenvalue weighted by molar-refractivity contribution is 6.07. The molecule has 1 aliphatic heterocycles. The van der Waals surface area contributed by atoms with Crippen LogP contribution in [0.25, 0.3) is 0 Å². The van der Waals surface area contributed by atoms with Gasteiger partial charge < -0.3 is 10.6 Å². The molecular weight excluding hydrogens is 276 g/mol. The summed E-state index contributed by atoms with van der Waals surface area (Å²) in [5.41, 5.74) is 1.93. The third-order valence-corrected chi connectivity index (χ3v) is 4.86. The van der Waals surface area contributed by atoms with E-state index in [4.69, 9.17) is 0 Å². The van der Waals surface area contributed by atoms with Gasteiger partial charge in [-0.15, -0.1) is 0 Å². The van der Waals surface area contributed by atoms with Crippen LogP contribution < -0.4 is 10.6 Å². The fourth-order valence-electron chi connectivity index (χ4n) is 3.46. The summed E-state index contributed by atoms with van der Waals surface area (Å²) in [6.45, 7) is 5.68. The number of nitrogens with one attached hydrogen (secondary N) is 2. The maximum absolute atomic E-state index is 12.5. The molecule has 0 saturated heterocycles. The number of anilines is 2. The molecule has 22 heavy (non-hydrogen) atoms. The Morgan fingerprint density at radius 3 is 2.50 bits per heavy atom. The van der Waals surface area contributed by atoms with Gasteiger partial charge in [0.2, 0.25) is 11.8 Å². The third-order valence-electron chi connectivity index (χ3n) is 4.86. The first-order chi connectivity index (χ1) is 10.3. The maximum atomic E-state index is 12.5. The summed E-state index contributed by atoms with van der Waals surface area (Å²) < 4.78 is 0. The van der Waals surface area contributed by atoms with E-state index in [2.05, 4.69) is 10.6 Å². The van der Waals surface area contributed by atoms with Crippen molar-refractivity contribution in [2.24, 2.45) is 5.41 Å². The van der Waals surface area contributed by atoms with Gasteiger partial charge in [0.05, 0.1) is 5.41 Å². The summed E-state index contributed by atoms with van der Waals surface area (Å²) in [6, 6.07) is 5.77. The molecule has 4 nitrogen and oxygen atoms in total. The summed E-state index contributed by atoms with van der Waals surface area (Å²) in [5, 5.41) is 5.99. The Kier molecular flexibility index (Phi) is 3.50. The van der Waals surface area contributed by atoms with Crippen LogP contribution in [0.5, 0.6) is 0 Å². The molecule has 0 atom stereocenters. The number of benzene rings is 1. The first-order valence-corrected chi connectivity index (χ1v) is 8.10. The minimum absolute atomic E-state index is 0.0116. The van der Waals surface area contributed by atoms with Crippen LogP contribution in [0.15, 0.2) is 18.2 Å². The van der Waals surface area contributed by atoms with Crippen molar-refractivity contribution in [3.63, 3.8) is 0 Å². The normalized spacial score (nSPS) is 19.7. The fourth-order valence-corrected chi connectivity index (χ4v) is 3.46. The lowest BCUT2D eigenvalue weighted by atomic mass is 9.70. The Bertz CT molecular complexity index is 622. The van der Waals surface area contributed by atoms with Gasteiger partial charge in [-0.3, -0.25) is 9.59 Å². The van der Waals surface area contributed by atoms with Gasteiger partial charge in [0.15, 0.2) is 0 Å². The van der Waals surface area contributed by atoms with E-state index in [1.165, 1.54) is 6.42 Å². The van der Waals surface area contributed by atoms with Crippen molar-refractivity contribution in [2.45, 2.75) is 58.3 Å². The quantitative estimate of drug-likeness (QED) is 0.828. The van der Waals surface area contributed by atoms with Crippen molar-refractivity contribution in [3.8, 4) is 0 Å². The highest BCUT2D eigenvalue weighted by Gasteiger charge is 2.47. The molecule has 1 saturated carbocycles. The average molecular weight is 300 g/mol. The molecule has 1 fully saturated rings. The standard InChI is InChI=1S/C18H24N2O2/c1-17(2,3)15(21)19-12-7-8-14-13(11-12)18(16(22)20-14)9-5-4-6-10-18/h7-8,11H,4-6,9-10H2,1-3H3,(H,19,21)(H,20,22). The van der Waals surface area contributed by atoms with Crippen LogP contribution in [0.4, 0.5) is 11.4 Å². The highest BCUT2D eigenvalue weighted by atomic mass is 16.2. The number of rotatable bonds is 1. The second-order valence-corrected chi connectivity index (χ2v) is 7.56. The minimum atomic E-state index is -0.435. The molecule has 0 unspecified atom stereocenters. The molecule has 4 heteroatoms. The number of hydrogen-bond acceptors (Lipinski definition) is 2. The van der Waals surface area contributed by atoms with E-state index in [1.807, 2.05) is 39.0 Å². The zero-order valence-corrected chi connectivity index (χ0v) is 13.6. The van der Waals surface area contributed by atoms with Gasteiger partial charge in [-0.25, -0.2) is 0 Å². The highest BCUT2D eigenvalue weighted by Crippen LogP contribution is 2.48. The zero-order chi connectivity index (χ0) is 16.0. The Hall–Kier alpha value is -1.84. The molecule has 0 radical (unpaired) electrons. The van der Waals surface area contributed by atoms with Crippen molar-refractivity contribution in [3.05, 3.63) is 23.8 Å². The summed E-state index contributed by atoms with van der Waals surface area (Å²) in [7, 11) is 0. The van der Waals surface area contributed by atoms with Gasteiger partial charge in [-0.2, -0.15) is 0 Å². The van der Waals surface area contributed by atoms with Gasteiger partial charge in [0, 0.05) is 16.8 Å². The van der Waals surface area contributed by atoms with Crippen molar-refractivity contribution in [1.29, 1.82) is 0 Å². The maximum Gasteiger partial charge on any atom is 0.235 e. The molecule has 1 aliphatic carbocycles. The lowest BCUT2D eigenvalue weighted by molar-refractivity contribution is -0.123. The number of carbonyl (C=O) groups is 2. The van der Waals surface area contributed by atoms with Gasteiger partial charge in [0.25, 0.3) is 0 Å². The number of carbonyl (C=O) groups excluding carboxylic acids is 2. The Balaban J connectivity index is 1.93. The van der Waals surface area contributed by atoms with Crippen LogP contribution >= 0.6 is 0 Å². The lowest BCUT2D eigenvalue weighted by Crippen LogP contribution is -2.36. The fraction of sp³-hybridized carbons (Fsp3) is 0.556. The van der Waals surface area contributed by atoms with Gasteiger partial charge in [-0.05, 0) is 36.6 Å². The summed E-state index contributed by atoms with van der Waals surface area (Å²) in [5.74, 6) is 0.115. The molecule has 2 aliphatic rings. The summed E-state index contributed by atoms with van der Waals surface area (Å²) >= 11 is 0. The van der Waals surface area contributed by atoms with Crippen LogP contribution in [0.3, 0.4) is 0 Å². The van der Waals surface area contributed by atoms with Crippen LogP contribution in [0, 0.1) is 5.41 Å². The van der Waals surface area contributed by atoms with E-state index >= 15 is 0 Å². The van der Waals surface area contributed by atoms with Crippen LogP contribution in [0.1, 0.15) is 58.4 Å². The second kappa shape index (κ2) is 5.11. The van der Waals surface area contributed by atoms with Crippen LogP contribution in [-0.4, -0.2) is 11.8 Å². The Morgan fingerprint density at radius 1 is 1.18 bits per heavy atom. The van der Waals surface area contributed by atoms with E-state index in [-0.39, 0.29) is 17.2 Å². The average Bonchev–Trinajstić information content (AvgIpc) is 2.72. The zero-order valence-electron chi connectivity index (χ0n) is 13.6. The lowest BCUT2D eigenvalue weighted by Gasteiger charge is -2.31. The van der Waals surface area contributed by atoms with E-state index in [9.17, 15) is 9.59 Å². The molecular formula is C18H24N2O2. The van der Waals surface area contributed by atoms with Crippen molar-refractivity contribution in [1.82, 2.24) is 0 Å². The van der Waals surface area contributed by atoms with Crippen LogP contribution in [0.2, 0.25) is 0 Å². The van der Waals surface area contributed by atoms with E-state index in [0.29, 0.717) is 0 Å². The Morgan fingerprint density at radius 2 is 1.86 bits per heavy atom. The molecule has 0 aromatic heterocycles. The SMILES string of the molecule is CC(C)(C)C(=O)Nc1ccc2c(c1)C1(CCCCC1)C(=O)N2. The molecule has 1 spiro atoms. The predicted octanol–water partition coefficient (Wildman–Crippen LogP) is 3.83. The second-order valence-electron chi connectivity index (χ2n) is 7.56. The number of fused-ring (bicyclic) bond motifs is 2. The molecule has 1 aromatic rings. The third kappa shape index (κ3) is 2.40. The van der Waals surface area contributed by atoms with Crippen molar-refractivity contribution < 1.29 is 9.59 Å². The molecule has 2 amide bonds. The largest absolute Gasteiger partial charge is 0.326 e. The molecule has 3 rings (SSSR count). The Labute approximate surface area is 131 Å². The predicted molar refractivity (Wildman–Crippen MR) is 87.9 cm³/mol. The van der Waals surface area contributed by atoms with E-state index in [1.54, 1.807) is 0 Å². The number of hydrogen-bond donors (Lipinski definition) is 2. The topological polar surface area (TPSA) is 58.2 Å². The first-order valence-electron chi connectivity index (χ1n) is 8.10. The summed E-state index contributed by atoms with van der Waals surface area (Å²) in [4.78, 5) is 24.7. The number of amides is 2.